The van der Waals surface area contributed by atoms with Crippen molar-refractivity contribution in [1.82, 2.24) is 4.98 Å². The summed E-state index contributed by atoms with van der Waals surface area (Å²) in [6, 6.07) is 8.37. The zero-order valence-corrected chi connectivity index (χ0v) is 9.69. The first-order valence-corrected chi connectivity index (χ1v) is 5.48. The number of halogens is 1. The van der Waals surface area contributed by atoms with E-state index in [2.05, 4.69) is 4.98 Å². The van der Waals surface area contributed by atoms with Crippen LogP contribution < -0.4 is 5.73 Å². The summed E-state index contributed by atoms with van der Waals surface area (Å²) >= 11 is 5.99. The highest BCUT2D eigenvalue weighted by molar-refractivity contribution is 6.30. The lowest BCUT2D eigenvalue weighted by molar-refractivity contribution is -0.138. The normalized spacial score (nSPS) is 12.6. The van der Waals surface area contributed by atoms with E-state index in [1.54, 1.807) is 0 Å². The molecule has 0 aliphatic rings. The third-order valence-electron chi connectivity index (χ3n) is 2.51. The van der Waals surface area contributed by atoms with Crippen molar-refractivity contribution in [3.63, 3.8) is 0 Å². The number of benzene rings is 1. The van der Waals surface area contributed by atoms with Gasteiger partial charge in [-0.25, -0.2) is 4.98 Å². The number of aromatic nitrogens is 1. The van der Waals surface area contributed by atoms with Crippen LogP contribution in [0.3, 0.4) is 0 Å². The number of hydrogen-bond donors (Lipinski definition) is 2. The minimum absolute atomic E-state index is 0.173. The molecule has 1 heterocycles. The van der Waals surface area contributed by atoms with Crippen LogP contribution in [0.1, 0.15) is 5.56 Å². The van der Waals surface area contributed by atoms with Gasteiger partial charge < -0.3 is 10.8 Å². The van der Waals surface area contributed by atoms with Crippen LogP contribution in [0.4, 0.5) is 0 Å². The number of carboxylic acids is 1. The highest BCUT2D eigenvalue weighted by Gasteiger charge is 2.15. The smallest absolute Gasteiger partial charge is 0.320 e. The molecule has 0 bridgehead atoms. The van der Waals surface area contributed by atoms with Gasteiger partial charge in [0.25, 0.3) is 0 Å². The number of nitrogens with two attached hydrogens (primary N) is 1. The van der Waals surface area contributed by atoms with Gasteiger partial charge in [0.2, 0.25) is 0 Å². The summed E-state index contributed by atoms with van der Waals surface area (Å²) < 4.78 is 0. The maximum absolute atomic E-state index is 10.7. The Labute approximate surface area is 103 Å². The molecule has 5 heteroatoms. The summed E-state index contributed by atoms with van der Waals surface area (Å²) in [6.07, 6.45) is 0.173. The van der Waals surface area contributed by atoms with E-state index in [0.29, 0.717) is 10.7 Å². The van der Waals surface area contributed by atoms with E-state index in [0.717, 1.165) is 10.9 Å². The Hall–Kier alpha value is -1.65. The summed E-state index contributed by atoms with van der Waals surface area (Å²) in [5, 5.41) is 9.99. The van der Waals surface area contributed by atoms with Crippen molar-refractivity contribution >= 4 is 28.5 Å². The molecule has 88 valence electrons. The lowest BCUT2D eigenvalue weighted by atomic mass is 10.1. The van der Waals surface area contributed by atoms with E-state index < -0.39 is 12.0 Å². The fraction of sp³-hybridized carbons (Fsp3) is 0.167. The number of aliphatic carboxylic acids is 1. The van der Waals surface area contributed by atoms with E-state index in [-0.39, 0.29) is 6.42 Å². The molecule has 1 atom stereocenters. The molecule has 0 saturated carbocycles. The average Bonchev–Trinajstić information content (AvgIpc) is 2.29. The van der Waals surface area contributed by atoms with Gasteiger partial charge in [-0.1, -0.05) is 29.8 Å². The van der Waals surface area contributed by atoms with Crippen molar-refractivity contribution in [3.8, 4) is 0 Å². The number of rotatable bonds is 3. The first-order valence-electron chi connectivity index (χ1n) is 5.10. The Bertz CT molecular complexity index is 571. The zero-order valence-electron chi connectivity index (χ0n) is 8.93. The van der Waals surface area contributed by atoms with Gasteiger partial charge in [-0.15, -0.1) is 0 Å². The van der Waals surface area contributed by atoms with Crippen molar-refractivity contribution in [3.05, 3.63) is 41.0 Å². The predicted molar refractivity (Wildman–Crippen MR) is 66.1 cm³/mol. The fourth-order valence-electron chi connectivity index (χ4n) is 1.60. The Morgan fingerprint density at radius 3 is 2.88 bits per heavy atom. The number of carboxylic acid groups (broad SMARTS) is 1. The van der Waals surface area contributed by atoms with Crippen LogP contribution >= 0.6 is 11.6 Å². The topological polar surface area (TPSA) is 76.2 Å². The maximum atomic E-state index is 10.7. The van der Waals surface area contributed by atoms with Gasteiger partial charge in [-0.3, -0.25) is 4.79 Å². The third kappa shape index (κ3) is 2.54. The Morgan fingerprint density at radius 2 is 2.18 bits per heavy atom. The molecule has 0 aliphatic carbocycles. The lowest BCUT2D eigenvalue weighted by Gasteiger charge is -2.09. The van der Waals surface area contributed by atoms with E-state index in [4.69, 9.17) is 22.4 Å². The van der Waals surface area contributed by atoms with Gasteiger partial charge in [0.15, 0.2) is 0 Å². The van der Waals surface area contributed by atoms with Gasteiger partial charge in [0, 0.05) is 11.8 Å². The molecule has 0 amide bonds. The highest BCUT2D eigenvalue weighted by atomic mass is 35.5. The first-order chi connectivity index (χ1) is 8.08. The van der Waals surface area contributed by atoms with E-state index in [9.17, 15) is 4.79 Å². The second-order valence-electron chi connectivity index (χ2n) is 3.78. The molecule has 0 radical (unpaired) electrons. The maximum Gasteiger partial charge on any atom is 0.320 e. The molecule has 2 aromatic rings. The van der Waals surface area contributed by atoms with E-state index in [1.807, 2.05) is 30.3 Å². The Kier molecular flexibility index (Phi) is 3.26. The summed E-state index contributed by atoms with van der Waals surface area (Å²) in [5.74, 6) is -1.05. The molecule has 0 unspecified atom stereocenters. The summed E-state index contributed by atoms with van der Waals surface area (Å²) in [7, 11) is 0. The minimum atomic E-state index is -1.05. The lowest BCUT2D eigenvalue weighted by Crippen LogP contribution is -2.32. The molecule has 0 aliphatic heterocycles. The molecule has 2 rings (SSSR count). The number of nitrogens with zero attached hydrogens (tertiary/aromatic N) is 1. The van der Waals surface area contributed by atoms with E-state index >= 15 is 0 Å². The van der Waals surface area contributed by atoms with Crippen LogP contribution in [0.25, 0.3) is 10.9 Å². The second-order valence-corrected chi connectivity index (χ2v) is 4.14. The SMILES string of the molecule is N[C@@H](Cc1cc2ccccc2nc1Cl)C(=O)O. The molecule has 4 nitrogen and oxygen atoms in total. The molecule has 1 aromatic heterocycles. The van der Waals surface area contributed by atoms with Crippen molar-refractivity contribution in [2.75, 3.05) is 0 Å². The van der Waals surface area contributed by atoms with Crippen molar-refractivity contribution in [2.24, 2.45) is 5.73 Å². The molecule has 3 N–H and O–H groups in total. The summed E-state index contributed by atoms with van der Waals surface area (Å²) in [5.41, 5.74) is 6.91. The Morgan fingerprint density at radius 1 is 1.47 bits per heavy atom. The van der Waals surface area contributed by atoms with Crippen LogP contribution in [-0.4, -0.2) is 22.1 Å². The largest absolute Gasteiger partial charge is 0.480 e. The van der Waals surface area contributed by atoms with Gasteiger partial charge in [-0.05, 0) is 17.7 Å². The highest BCUT2D eigenvalue weighted by Crippen LogP contribution is 2.21. The number of fused-ring (bicyclic) bond motifs is 1. The van der Waals surface area contributed by atoms with E-state index in [1.165, 1.54) is 0 Å². The molecule has 17 heavy (non-hydrogen) atoms. The van der Waals surface area contributed by atoms with Crippen LogP contribution in [0.5, 0.6) is 0 Å². The standard InChI is InChI=1S/C12H11ClN2O2/c13-11-8(6-9(14)12(16)17)5-7-3-1-2-4-10(7)15-11/h1-5,9H,6,14H2,(H,16,17)/t9-/m0/s1. The van der Waals surface area contributed by atoms with Crippen LogP contribution in [0.15, 0.2) is 30.3 Å². The number of carbonyl (C=O) groups is 1. The Balaban J connectivity index is 2.40. The van der Waals surface area contributed by atoms with Crippen LogP contribution in [0, 0.1) is 0 Å². The van der Waals surface area contributed by atoms with Crippen molar-refractivity contribution < 1.29 is 9.90 Å². The predicted octanol–water partition coefficient (Wildman–Crippen LogP) is 1.84. The minimum Gasteiger partial charge on any atom is -0.480 e. The zero-order chi connectivity index (χ0) is 12.4. The number of pyridine rings is 1. The monoisotopic (exact) mass is 250 g/mol. The second kappa shape index (κ2) is 4.69. The first kappa shape index (κ1) is 11.8. The van der Waals surface area contributed by atoms with Gasteiger partial charge in [0.1, 0.15) is 11.2 Å². The molecular formula is C12H11ClN2O2. The third-order valence-corrected chi connectivity index (χ3v) is 2.83. The molecule has 1 aromatic carbocycles. The van der Waals surface area contributed by atoms with Crippen molar-refractivity contribution in [2.45, 2.75) is 12.5 Å². The fourth-order valence-corrected chi connectivity index (χ4v) is 1.83. The summed E-state index contributed by atoms with van der Waals surface area (Å²) in [6.45, 7) is 0. The molecular weight excluding hydrogens is 240 g/mol. The quantitative estimate of drug-likeness (QED) is 0.815. The molecule has 0 spiro atoms. The number of hydrogen-bond acceptors (Lipinski definition) is 3. The van der Waals surface area contributed by atoms with Crippen molar-refractivity contribution in [1.29, 1.82) is 0 Å². The van der Waals surface area contributed by atoms with Gasteiger partial charge in [0.05, 0.1) is 5.52 Å². The van der Waals surface area contributed by atoms with Crippen LogP contribution in [0.2, 0.25) is 5.15 Å². The average molecular weight is 251 g/mol. The van der Waals surface area contributed by atoms with Gasteiger partial charge >= 0.3 is 5.97 Å². The molecule has 0 saturated heterocycles. The van der Waals surface area contributed by atoms with Crippen LogP contribution in [-0.2, 0) is 11.2 Å². The molecule has 0 fully saturated rings. The summed E-state index contributed by atoms with van der Waals surface area (Å²) in [4.78, 5) is 14.9. The number of para-hydroxylation sites is 1. The van der Waals surface area contributed by atoms with Gasteiger partial charge in [-0.2, -0.15) is 0 Å².